The molecule has 1 aliphatic carbocycles. The van der Waals surface area contributed by atoms with E-state index in [-0.39, 0.29) is 24.4 Å². The van der Waals surface area contributed by atoms with Crippen LogP contribution in [0.1, 0.15) is 26.5 Å². The molecule has 29 heavy (non-hydrogen) atoms. The van der Waals surface area contributed by atoms with Gasteiger partial charge in [0.25, 0.3) is 0 Å². The Morgan fingerprint density at radius 2 is 2.07 bits per heavy atom. The van der Waals surface area contributed by atoms with Crippen molar-refractivity contribution in [1.29, 1.82) is 0 Å². The Labute approximate surface area is 171 Å². The second-order valence-electron chi connectivity index (χ2n) is 7.88. The fraction of sp³-hybridized carbons (Fsp3) is 0.611. The molecule has 156 valence electrons. The first kappa shape index (κ1) is 19.2. The number of aromatic nitrogens is 4. The molecule has 2 fully saturated rings. The highest BCUT2D eigenvalue weighted by atomic mass is 32.2. The number of hydrogen-bond donors (Lipinski definition) is 2. The van der Waals surface area contributed by atoms with Gasteiger partial charge in [0, 0.05) is 11.0 Å². The normalized spacial score (nSPS) is 35.6. The highest BCUT2D eigenvalue weighted by Gasteiger charge is 2.56. The van der Waals surface area contributed by atoms with Gasteiger partial charge in [-0.05, 0) is 20.3 Å². The maximum Gasteiger partial charge on any atom is 0.167 e. The molecule has 4 N–H and O–H groups in total. The molecule has 0 unspecified atom stereocenters. The molecule has 2 saturated heterocycles. The van der Waals surface area contributed by atoms with Crippen LogP contribution in [0.4, 0.5) is 5.82 Å². The van der Waals surface area contributed by atoms with E-state index in [0.29, 0.717) is 22.2 Å². The van der Waals surface area contributed by atoms with Crippen molar-refractivity contribution in [3.05, 3.63) is 24.8 Å². The van der Waals surface area contributed by atoms with Gasteiger partial charge in [-0.25, -0.2) is 20.8 Å². The standard InChI is InChI=1S/C18H24N6O4S/c1-18(2)26-13-11(6-29-10-4-3-9(5-10)28-20)25-17(14(13)27-18)24-8-23-12-15(19)21-7-22-16(12)24/h3-4,7-11,13-14,17H,5-6,20H2,1-2H3,(H2,19,21,22)/t9-,10-,11-,13-,14-,17-/m1/s1. The van der Waals surface area contributed by atoms with Gasteiger partial charge in [-0.15, -0.1) is 0 Å². The zero-order chi connectivity index (χ0) is 20.2. The fourth-order valence-corrected chi connectivity index (χ4v) is 5.38. The monoisotopic (exact) mass is 420 g/mol. The minimum Gasteiger partial charge on any atom is -0.382 e. The Hall–Kier alpha value is -1.76. The summed E-state index contributed by atoms with van der Waals surface area (Å²) in [7, 11) is 0. The van der Waals surface area contributed by atoms with Crippen molar-refractivity contribution < 1.29 is 19.0 Å². The molecule has 4 heterocycles. The average molecular weight is 420 g/mol. The van der Waals surface area contributed by atoms with Crippen molar-refractivity contribution >= 4 is 28.7 Å². The summed E-state index contributed by atoms with van der Waals surface area (Å²) in [6.07, 6.45) is 7.05. The average Bonchev–Trinajstić information content (AvgIpc) is 3.43. The third-order valence-corrected chi connectivity index (χ3v) is 6.74. The topological polar surface area (TPSA) is 133 Å². The summed E-state index contributed by atoms with van der Waals surface area (Å²) in [6, 6.07) is 0. The van der Waals surface area contributed by atoms with Crippen LogP contribution in [-0.4, -0.2) is 60.7 Å². The summed E-state index contributed by atoms with van der Waals surface area (Å²) >= 11 is 1.80. The Kier molecular flexibility index (Phi) is 4.76. The molecule has 0 bridgehead atoms. The number of rotatable bonds is 5. The first-order chi connectivity index (χ1) is 13.9. The van der Waals surface area contributed by atoms with Gasteiger partial charge in [0.1, 0.15) is 24.1 Å². The number of hydrogen-bond acceptors (Lipinski definition) is 10. The van der Waals surface area contributed by atoms with Crippen LogP contribution >= 0.6 is 11.8 Å². The zero-order valence-electron chi connectivity index (χ0n) is 16.2. The van der Waals surface area contributed by atoms with Gasteiger partial charge in [-0.3, -0.25) is 9.40 Å². The van der Waals surface area contributed by atoms with Gasteiger partial charge in [0.15, 0.2) is 23.5 Å². The van der Waals surface area contributed by atoms with Crippen LogP contribution in [0.25, 0.3) is 11.2 Å². The van der Waals surface area contributed by atoms with E-state index in [9.17, 15) is 0 Å². The van der Waals surface area contributed by atoms with Crippen molar-refractivity contribution in [2.24, 2.45) is 5.90 Å². The second-order valence-corrected chi connectivity index (χ2v) is 9.15. The van der Waals surface area contributed by atoms with Crippen molar-refractivity contribution in [2.75, 3.05) is 11.5 Å². The molecular formula is C18H24N6O4S. The van der Waals surface area contributed by atoms with E-state index in [1.807, 2.05) is 24.5 Å². The van der Waals surface area contributed by atoms with Crippen LogP contribution in [-0.2, 0) is 19.0 Å². The number of nitrogen functional groups attached to an aromatic ring is 1. The molecule has 5 rings (SSSR count). The molecular weight excluding hydrogens is 396 g/mol. The fourth-order valence-electron chi connectivity index (χ4n) is 4.15. The lowest BCUT2D eigenvalue weighted by molar-refractivity contribution is -0.193. The summed E-state index contributed by atoms with van der Waals surface area (Å²) in [5, 5.41) is 0.335. The van der Waals surface area contributed by atoms with Gasteiger partial charge in [-0.2, -0.15) is 11.8 Å². The number of imidazole rings is 1. The predicted octanol–water partition coefficient (Wildman–Crippen LogP) is 1.15. The summed E-state index contributed by atoms with van der Waals surface area (Å²) in [5.74, 6) is 5.70. The van der Waals surface area contributed by atoms with E-state index in [2.05, 4.69) is 21.0 Å². The second kappa shape index (κ2) is 7.18. The van der Waals surface area contributed by atoms with Crippen LogP contribution in [0.2, 0.25) is 0 Å². The van der Waals surface area contributed by atoms with Gasteiger partial charge in [0.05, 0.1) is 18.5 Å². The smallest absolute Gasteiger partial charge is 0.167 e. The van der Waals surface area contributed by atoms with Crippen molar-refractivity contribution in [3.8, 4) is 0 Å². The molecule has 2 aliphatic heterocycles. The summed E-state index contributed by atoms with van der Waals surface area (Å²) in [4.78, 5) is 17.6. The largest absolute Gasteiger partial charge is 0.382 e. The Morgan fingerprint density at radius 1 is 1.24 bits per heavy atom. The highest BCUT2D eigenvalue weighted by Crippen LogP contribution is 2.45. The van der Waals surface area contributed by atoms with Gasteiger partial charge in [0.2, 0.25) is 0 Å². The molecule has 6 atom stereocenters. The lowest BCUT2D eigenvalue weighted by Crippen LogP contribution is -2.31. The predicted molar refractivity (Wildman–Crippen MR) is 107 cm³/mol. The third-order valence-electron chi connectivity index (χ3n) is 5.44. The Balaban J connectivity index is 1.37. The van der Waals surface area contributed by atoms with E-state index < -0.39 is 12.0 Å². The minimum atomic E-state index is -0.684. The molecule has 2 aromatic heterocycles. The van der Waals surface area contributed by atoms with Gasteiger partial charge < -0.3 is 19.9 Å². The molecule has 0 amide bonds. The summed E-state index contributed by atoms with van der Waals surface area (Å²) < 4.78 is 20.6. The molecule has 2 aromatic rings. The first-order valence-corrected chi connectivity index (χ1v) is 10.6. The lowest BCUT2D eigenvalue weighted by atomic mass is 10.1. The van der Waals surface area contributed by atoms with Crippen LogP contribution in [0.3, 0.4) is 0 Å². The maximum atomic E-state index is 6.40. The molecule has 3 aliphatic rings. The molecule has 0 aromatic carbocycles. The van der Waals surface area contributed by atoms with Crippen LogP contribution < -0.4 is 11.6 Å². The lowest BCUT2D eigenvalue weighted by Gasteiger charge is -2.25. The van der Waals surface area contributed by atoms with E-state index in [1.165, 1.54) is 6.33 Å². The molecule has 0 spiro atoms. The number of ether oxygens (including phenoxy) is 3. The van der Waals surface area contributed by atoms with E-state index >= 15 is 0 Å². The van der Waals surface area contributed by atoms with Gasteiger partial charge in [-0.1, -0.05) is 12.2 Å². The van der Waals surface area contributed by atoms with Crippen LogP contribution in [0, 0.1) is 0 Å². The Bertz CT molecular complexity index is 936. The molecule has 11 heteroatoms. The first-order valence-electron chi connectivity index (χ1n) is 9.55. The quantitative estimate of drug-likeness (QED) is 0.536. The number of nitrogens with two attached hydrogens (primary N) is 2. The van der Waals surface area contributed by atoms with Crippen molar-refractivity contribution in [3.63, 3.8) is 0 Å². The molecule has 0 saturated carbocycles. The Morgan fingerprint density at radius 3 is 2.86 bits per heavy atom. The molecule has 0 radical (unpaired) electrons. The SMILES string of the molecule is CC1(C)O[C@@H]2[C@H](O1)[C@@H](CS[C@@H]1C=C[C@@H](ON)C1)O[C@H]2n1cnc2c(N)ncnc21. The van der Waals surface area contributed by atoms with Crippen LogP contribution in [0.5, 0.6) is 0 Å². The molecule has 10 nitrogen and oxygen atoms in total. The zero-order valence-corrected chi connectivity index (χ0v) is 17.0. The summed E-state index contributed by atoms with van der Waals surface area (Å²) in [5.41, 5.74) is 7.10. The van der Waals surface area contributed by atoms with Crippen molar-refractivity contribution in [2.45, 2.75) is 61.9 Å². The maximum absolute atomic E-state index is 6.40. The number of fused-ring (bicyclic) bond motifs is 2. The minimum absolute atomic E-state index is 0.0232. The number of nitrogens with zero attached hydrogens (tertiary/aromatic N) is 4. The highest BCUT2D eigenvalue weighted by molar-refractivity contribution is 8.00. The van der Waals surface area contributed by atoms with E-state index in [0.717, 1.165) is 12.2 Å². The van der Waals surface area contributed by atoms with E-state index in [1.54, 1.807) is 18.1 Å². The van der Waals surface area contributed by atoms with E-state index in [4.69, 9.17) is 30.7 Å². The number of anilines is 1. The number of thioether (sulfide) groups is 1. The van der Waals surface area contributed by atoms with Gasteiger partial charge >= 0.3 is 0 Å². The van der Waals surface area contributed by atoms with Crippen molar-refractivity contribution in [1.82, 2.24) is 19.5 Å². The van der Waals surface area contributed by atoms with Crippen LogP contribution in [0.15, 0.2) is 24.8 Å². The summed E-state index contributed by atoms with van der Waals surface area (Å²) in [6.45, 7) is 3.84. The third kappa shape index (κ3) is 3.41.